The average molecular weight is 635 g/mol. The molecule has 3 fully saturated rings. The Kier molecular flexibility index (Phi) is 7.57. The van der Waals surface area contributed by atoms with Crippen LogP contribution in [0.1, 0.15) is 32.6 Å². The van der Waals surface area contributed by atoms with Crippen molar-refractivity contribution in [2.75, 3.05) is 38.2 Å². The number of aromatic nitrogens is 3. The first-order chi connectivity index (χ1) is 22.1. The van der Waals surface area contributed by atoms with E-state index in [4.69, 9.17) is 9.72 Å². The molecule has 7 rings (SSSR count). The van der Waals surface area contributed by atoms with Crippen LogP contribution in [0.15, 0.2) is 49.2 Å². The van der Waals surface area contributed by atoms with E-state index >= 15 is 8.78 Å². The zero-order valence-electron chi connectivity index (χ0n) is 25.6. The molecule has 0 spiro atoms. The van der Waals surface area contributed by atoms with Gasteiger partial charge >= 0.3 is 6.01 Å². The van der Waals surface area contributed by atoms with Crippen molar-refractivity contribution in [3.8, 4) is 17.3 Å². The summed E-state index contributed by atoms with van der Waals surface area (Å²) >= 11 is 0. The van der Waals surface area contributed by atoms with E-state index < -0.39 is 29.2 Å². The quantitative estimate of drug-likeness (QED) is 0.187. The van der Waals surface area contributed by atoms with E-state index in [1.807, 2.05) is 18.9 Å². The molecule has 0 radical (unpaired) electrons. The molecule has 4 aromatic rings. The Balaban J connectivity index is 1.34. The highest BCUT2D eigenvalue weighted by atomic mass is 19.2. The van der Waals surface area contributed by atoms with E-state index in [1.54, 1.807) is 17.0 Å². The summed E-state index contributed by atoms with van der Waals surface area (Å²) in [6, 6.07) is 6.70. The highest BCUT2D eigenvalue weighted by Gasteiger charge is 2.49. The number of ether oxygens (including phenoxy) is 1. The molecule has 2 aromatic heterocycles. The molecule has 8 nitrogen and oxygen atoms in total. The fraction of sp³-hybridized carbons (Fsp3) is 0.412. The molecule has 0 unspecified atom stereocenters. The van der Waals surface area contributed by atoms with Gasteiger partial charge in [-0.25, -0.2) is 17.6 Å². The van der Waals surface area contributed by atoms with E-state index in [1.165, 1.54) is 24.4 Å². The first kappa shape index (κ1) is 30.3. The third-order valence-electron chi connectivity index (χ3n) is 10.1. The van der Waals surface area contributed by atoms with Crippen LogP contribution >= 0.6 is 0 Å². The molecule has 5 heterocycles. The van der Waals surface area contributed by atoms with Gasteiger partial charge in [0.05, 0.1) is 17.0 Å². The zero-order valence-corrected chi connectivity index (χ0v) is 25.6. The first-order valence-electron chi connectivity index (χ1n) is 15.5. The maximum absolute atomic E-state index is 16.6. The minimum absolute atomic E-state index is 0.0771. The average Bonchev–Trinajstić information content (AvgIpc) is 3.72. The van der Waals surface area contributed by atoms with Crippen LogP contribution in [0.4, 0.5) is 23.4 Å². The zero-order chi connectivity index (χ0) is 32.3. The normalized spacial score (nSPS) is 24.6. The molecule has 1 amide bonds. The molecule has 46 heavy (non-hydrogen) atoms. The Labute approximate surface area is 263 Å². The van der Waals surface area contributed by atoms with Gasteiger partial charge in [0.15, 0.2) is 17.5 Å². The Morgan fingerprint density at radius 3 is 2.80 bits per heavy atom. The molecule has 0 saturated carbocycles. The van der Waals surface area contributed by atoms with Gasteiger partial charge in [0.1, 0.15) is 29.8 Å². The fourth-order valence-corrected chi connectivity index (χ4v) is 7.72. The highest BCUT2D eigenvalue weighted by molar-refractivity contribution is 5.99. The summed E-state index contributed by atoms with van der Waals surface area (Å²) in [4.78, 5) is 31.8. The minimum Gasteiger partial charge on any atom is -0.461 e. The lowest BCUT2D eigenvalue weighted by molar-refractivity contribution is -0.126. The molecule has 0 N–H and O–H groups in total. The number of amides is 1. The number of pyridine rings is 1. The number of hydrogen-bond donors (Lipinski definition) is 0. The van der Waals surface area contributed by atoms with E-state index in [9.17, 15) is 13.6 Å². The van der Waals surface area contributed by atoms with Crippen LogP contribution in [0, 0.1) is 17.5 Å². The molecular weight excluding hydrogens is 600 g/mol. The number of hydrogen-bond acceptors (Lipinski definition) is 7. The van der Waals surface area contributed by atoms with E-state index in [0.29, 0.717) is 37.1 Å². The van der Waals surface area contributed by atoms with Gasteiger partial charge in [-0.2, -0.15) is 9.97 Å². The number of benzene rings is 2. The largest absolute Gasteiger partial charge is 0.461 e. The van der Waals surface area contributed by atoms with Crippen LogP contribution in [0.25, 0.3) is 32.9 Å². The molecular formula is C34H34F4N6O2. The molecule has 3 saturated heterocycles. The monoisotopic (exact) mass is 634 g/mol. The van der Waals surface area contributed by atoms with Crippen LogP contribution in [-0.4, -0.2) is 87.7 Å². The smallest absolute Gasteiger partial charge is 0.319 e. The Bertz CT molecular complexity index is 1870. The molecule has 0 aliphatic carbocycles. The van der Waals surface area contributed by atoms with Crippen LogP contribution < -0.4 is 9.64 Å². The van der Waals surface area contributed by atoms with E-state index in [2.05, 4.69) is 21.4 Å². The SMILES string of the molecule is C=CC(=O)N1CC[C@H](N(C)c2nc(OC[C@@]34CCCN3C[C@H](F)C4)nc3c(F)c(-c4cccc5ccc(F)c(F)c45)ncc23)[C@@H]1C. The van der Waals surface area contributed by atoms with Gasteiger partial charge in [-0.3, -0.25) is 14.7 Å². The van der Waals surface area contributed by atoms with Gasteiger partial charge in [-0.05, 0) is 50.3 Å². The number of halogens is 4. The van der Waals surface area contributed by atoms with Crippen molar-refractivity contribution >= 4 is 33.4 Å². The van der Waals surface area contributed by atoms with Crippen molar-refractivity contribution < 1.29 is 27.1 Å². The third kappa shape index (κ3) is 4.85. The number of carbonyl (C=O) groups excluding carboxylic acids is 1. The summed E-state index contributed by atoms with van der Waals surface area (Å²) < 4.78 is 66.7. The predicted molar refractivity (Wildman–Crippen MR) is 167 cm³/mol. The number of rotatable bonds is 7. The minimum atomic E-state index is -1.10. The van der Waals surface area contributed by atoms with Gasteiger partial charge in [0.25, 0.3) is 0 Å². The summed E-state index contributed by atoms with van der Waals surface area (Å²) in [5, 5.41) is 0.584. The second kappa shape index (κ2) is 11.5. The Hall–Kier alpha value is -4.32. The number of likely N-dealkylation sites (tertiary alicyclic amines) is 1. The topological polar surface area (TPSA) is 74.7 Å². The van der Waals surface area contributed by atoms with Crippen molar-refractivity contribution in [1.29, 1.82) is 0 Å². The Morgan fingerprint density at radius 2 is 2.00 bits per heavy atom. The summed E-state index contributed by atoms with van der Waals surface area (Å²) in [5.74, 6) is -2.84. The number of anilines is 1. The van der Waals surface area contributed by atoms with E-state index in [0.717, 1.165) is 25.5 Å². The second-order valence-corrected chi connectivity index (χ2v) is 12.6. The molecule has 2 aromatic carbocycles. The van der Waals surface area contributed by atoms with Gasteiger partial charge < -0.3 is 14.5 Å². The maximum atomic E-state index is 16.6. The fourth-order valence-electron chi connectivity index (χ4n) is 7.72. The Morgan fingerprint density at radius 1 is 1.17 bits per heavy atom. The van der Waals surface area contributed by atoms with Gasteiger partial charge in [-0.15, -0.1) is 0 Å². The first-order valence-corrected chi connectivity index (χ1v) is 15.5. The maximum Gasteiger partial charge on any atom is 0.319 e. The summed E-state index contributed by atoms with van der Waals surface area (Å²) in [6.45, 7) is 7.32. The standard InChI is InChI=1S/C34H34F4N6O2/c1-4-26(45)44-14-11-25(19(44)2)42(3)32-23-16-39-30(22-8-5-7-20-9-10-24(36)28(37)27(20)22)29(38)31(23)40-33(41-32)46-18-34-12-6-13-43(34)17-21(35)15-34/h4-5,7-10,16,19,21,25H,1,6,11-15,17-18H2,2-3H3/t19-,21+,25-,34-/m0/s1. The van der Waals surface area contributed by atoms with E-state index in [-0.39, 0.29) is 58.2 Å². The molecule has 240 valence electrons. The summed E-state index contributed by atoms with van der Waals surface area (Å²) in [5.41, 5.74) is -0.712. The van der Waals surface area contributed by atoms with Crippen LogP contribution in [-0.2, 0) is 4.79 Å². The molecule has 0 bridgehead atoms. The van der Waals surface area contributed by atoms with Gasteiger partial charge in [-0.1, -0.05) is 30.8 Å². The molecule has 4 atom stereocenters. The lowest BCUT2D eigenvalue weighted by atomic mass is 9.95. The number of alkyl halides is 1. The lowest BCUT2D eigenvalue weighted by Gasteiger charge is -2.32. The number of fused-ring (bicyclic) bond motifs is 3. The second-order valence-electron chi connectivity index (χ2n) is 12.6. The molecule has 3 aliphatic rings. The highest BCUT2D eigenvalue weighted by Crippen LogP contribution is 2.41. The predicted octanol–water partition coefficient (Wildman–Crippen LogP) is 5.83. The summed E-state index contributed by atoms with van der Waals surface area (Å²) in [7, 11) is 1.81. The lowest BCUT2D eigenvalue weighted by Crippen LogP contribution is -2.44. The van der Waals surface area contributed by atoms with Crippen molar-refractivity contribution in [3.05, 3.63) is 66.6 Å². The van der Waals surface area contributed by atoms with Crippen LogP contribution in [0.5, 0.6) is 6.01 Å². The molecule has 12 heteroatoms. The van der Waals surface area contributed by atoms with Gasteiger partial charge in [0, 0.05) is 49.7 Å². The van der Waals surface area contributed by atoms with Crippen molar-refractivity contribution in [1.82, 2.24) is 24.8 Å². The van der Waals surface area contributed by atoms with Crippen molar-refractivity contribution in [2.24, 2.45) is 0 Å². The number of likely N-dealkylation sites (N-methyl/N-ethyl adjacent to an activating group) is 1. The van der Waals surface area contributed by atoms with Crippen molar-refractivity contribution in [3.63, 3.8) is 0 Å². The third-order valence-corrected chi connectivity index (χ3v) is 10.1. The summed E-state index contributed by atoms with van der Waals surface area (Å²) in [6.07, 6.45) is 4.42. The number of nitrogens with zero attached hydrogens (tertiary/aromatic N) is 6. The van der Waals surface area contributed by atoms with Crippen LogP contribution in [0.2, 0.25) is 0 Å². The van der Waals surface area contributed by atoms with Gasteiger partial charge in [0.2, 0.25) is 5.91 Å². The molecule has 3 aliphatic heterocycles. The van der Waals surface area contributed by atoms with Crippen molar-refractivity contribution in [2.45, 2.75) is 56.4 Å². The van der Waals surface area contributed by atoms with Crippen LogP contribution in [0.3, 0.4) is 0 Å². The number of carbonyl (C=O) groups is 1.